The van der Waals surface area contributed by atoms with E-state index in [4.69, 9.17) is 0 Å². The topological polar surface area (TPSA) is 27.8 Å². The van der Waals surface area contributed by atoms with Crippen molar-refractivity contribution in [2.75, 3.05) is 0 Å². The Kier molecular flexibility index (Phi) is 2.44. The van der Waals surface area contributed by atoms with Crippen molar-refractivity contribution in [3.63, 3.8) is 0 Å². The average molecular weight is 214 g/mol. The molecule has 1 fully saturated rings. The number of benzene rings is 1. The molecule has 1 aliphatic rings. The molecular formula is C14H18N2. The zero-order valence-corrected chi connectivity index (χ0v) is 9.66. The van der Waals surface area contributed by atoms with E-state index < -0.39 is 0 Å². The molecule has 1 aliphatic carbocycles. The van der Waals surface area contributed by atoms with Gasteiger partial charge < -0.3 is 10.3 Å². The number of H-pyrrole nitrogens is 1. The molecule has 2 heteroatoms. The minimum atomic E-state index is 0.661. The molecule has 0 radical (unpaired) electrons. The van der Waals surface area contributed by atoms with Gasteiger partial charge in [0.2, 0.25) is 0 Å². The molecule has 2 aromatic rings. The van der Waals surface area contributed by atoms with Gasteiger partial charge in [-0.3, -0.25) is 0 Å². The van der Waals surface area contributed by atoms with Crippen molar-refractivity contribution in [3.8, 4) is 0 Å². The van der Waals surface area contributed by atoms with Gasteiger partial charge in [-0.2, -0.15) is 0 Å². The lowest BCUT2D eigenvalue weighted by atomic mass is 10.1. The fourth-order valence-electron chi connectivity index (χ4n) is 2.34. The maximum absolute atomic E-state index is 3.63. The molecule has 1 heterocycles. The van der Waals surface area contributed by atoms with Crippen molar-refractivity contribution in [2.45, 2.75) is 32.4 Å². The summed E-state index contributed by atoms with van der Waals surface area (Å²) in [5.74, 6) is 0.922. The molecule has 16 heavy (non-hydrogen) atoms. The van der Waals surface area contributed by atoms with Crippen LogP contribution in [0.4, 0.5) is 0 Å². The number of rotatable bonds is 4. The van der Waals surface area contributed by atoms with Gasteiger partial charge in [0, 0.05) is 29.7 Å². The first-order valence-corrected chi connectivity index (χ1v) is 6.13. The van der Waals surface area contributed by atoms with Gasteiger partial charge in [0.1, 0.15) is 0 Å². The molecule has 84 valence electrons. The van der Waals surface area contributed by atoms with Crippen molar-refractivity contribution >= 4 is 10.9 Å². The van der Waals surface area contributed by atoms with Crippen molar-refractivity contribution in [1.82, 2.24) is 10.3 Å². The van der Waals surface area contributed by atoms with Crippen LogP contribution >= 0.6 is 0 Å². The molecule has 2 N–H and O–H groups in total. The van der Waals surface area contributed by atoms with Crippen LogP contribution in [0.2, 0.25) is 0 Å². The molecule has 0 amide bonds. The molecule has 1 saturated carbocycles. The first kappa shape index (κ1) is 9.91. The van der Waals surface area contributed by atoms with Crippen LogP contribution in [0, 0.1) is 5.92 Å². The van der Waals surface area contributed by atoms with E-state index in [-0.39, 0.29) is 0 Å². The van der Waals surface area contributed by atoms with Crippen LogP contribution in [0.3, 0.4) is 0 Å². The molecule has 1 aromatic carbocycles. The first-order chi connectivity index (χ1) is 7.84. The van der Waals surface area contributed by atoms with Crippen molar-refractivity contribution in [2.24, 2.45) is 5.92 Å². The highest BCUT2D eigenvalue weighted by atomic mass is 14.9. The Labute approximate surface area is 96.1 Å². The van der Waals surface area contributed by atoms with Gasteiger partial charge in [-0.15, -0.1) is 0 Å². The molecule has 3 rings (SSSR count). The second-order valence-corrected chi connectivity index (χ2v) is 4.86. The van der Waals surface area contributed by atoms with Crippen molar-refractivity contribution in [3.05, 3.63) is 36.0 Å². The Morgan fingerprint density at radius 1 is 1.38 bits per heavy atom. The molecule has 1 unspecified atom stereocenters. The maximum atomic E-state index is 3.63. The van der Waals surface area contributed by atoms with Gasteiger partial charge in [-0.05, 0) is 43.4 Å². The normalized spacial score (nSPS) is 17.8. The van der Waals surface area contributed by atoms with Gasteiger partial charge in [-0.1, -0.05) is 12.1 Å². The van der Waals surface area contributed by atoms with E-state index in [0.717, 1.165) is 12.5 Å². The smallest absolute Gasteiger partial charge is 0.0457 e. The van der Waals surface area contributed by atoms with Crippen LogP contribution in [-0.4, -0.2) is 11.0 Å². The summed E-state index contributed by atoms with van der Waals surface area (Å²) in [6.45, 7) is 3.28. The standard InChI is InChI=1S/C14H18N2/c1-10(11-5-6-11)16-9-12-3-2-4-14-13(12)7-8-15-14/h2-4,7-8,10-11,15-16H,5-6,9H2,1H3. The van der Waals surface area contributed by atoms with E-state index in [1.165, 1.54) is 29.3 Å². The summed E-state index contributed by atoms with van der Waals surface area (Å²) in [5, 5.41) is 4.97. The Hall–Kier alpha value is -1.28. The lowest BCUT2D eigenvalue weighted by molar-refractivity contribution is 0.497. The predicted octanol–water partition coefficient (Wildman–Crippen LogP) is 3.06. The van der Waals surface area contributed by atoms with Crippen molar-refractivity contribution < 1.29 is 0 Å². The summed E-state index contributed by atoms with van der Waals surface area (Å²) >= 11 is 0. The molecule has 2 nitrogen and oxygen atoms in total. The lowest BCUT2D eigenvalue weighted by Gasteiger charge is -2.13. The largest absolute Gasteiger partial charge is 0.361 e. The van der Waals surface area contributed by atoms with E-state index in [2.05, 4.69) is 41.5 Å². The van der Waals surface area contributed by atoms with Gasteiger partial charge >= 0.3 is 0 Å². The molecule has 0 bridgehead atoms. The Morgan fingerprint density at radius 3 is 3.06 bits per heavy atom. The third kappa shape index (κ3) is 1.85. The highest BCUT2D eigenvalue weighted by Crippen LogP contribution is 2.32. The van der Waals surface area contributed by atoms with Crippen LogP contribution in [-0.2, 0) is 6.54 Å². The fraction of sp³-hybridized carbons (Fsp3) is 0.429. The van der Waals surface area contributed by atoms with Crippen LogP contribution in [0.5, 0.6) is 0 Å². The summed E-state index contributed by atoms with van der Waals surface area (Å²) in [7, 11) is 0. The molecule has 1 aromatic heterocycles. The summed E-state index contributed by atoms with van der Waals surface area (Å²) in [5.41, 5.74) is 2.63. The van der Waals surface area contributed by atoms with E-state index in [0.29, 0.717) is 6.04 Å². The third-order valence-electron chi connectivity index (χ3n) is 3.63. The van der Waals surface area contributed by atoms with Crippen LogP contribution in [0.1, 0.15) is 25.3 Å². The van der Waals surface area contributed by atoms with Crippen molar-refractivity contribution in [1.29, 1.82) is 0 Å². The zero-order valence-electron chi connectivity index (χ0n) is 9.66. The van der Waals surface area contributed by atoms with Crippen LogP contribution in [0.25, 0.3) is 10.9 Å². The quantitative estimate of drug-likeness (QED) is 0.804. The van der Waals surface area contributed by atoms with Gasteiger partial charge in [0.15, 0.2) is 0 Å². The molecule has 0 aliphatic heterocycles. The lowest BCUT2D eigenvalue weighted by Crippen LogP contribution is -2.27. The van der Waals surface area contributed by atoms with Crippen LogP contribution in [0.15, 0.2) is 30.5 Å². The number of fused-ring (bicyclic) bond motifs is 1. The minimum Gasteiger partial charge on any atom is -0.361 e. The summed E-state index contributed by atoms with van der Waals surface area (Å²) in [6.07, 6.45) is 4.82. The number of hydrogen-bond acceptors (Lipinski definition) is 1. The highest BCUT2D eigenvalue weighted by Gasteiger charge is 2.27. The summed E-state index contributed by atoms with van der Waals surface area (Å²) < 4.78 is 0. The minimum absolute atomic E-state index is 0.661. The second kappa shape index (κ2) is 3.95. The van der Waals surface area contributed by atoms with Crippen LogP contribution < -0.4 is 5.32 Å². The molecule has 0 spiro atoms. The number of nitrogens with one attached hydrogen (secondary N) is 2. The number of aromatic amines is 1. The Morgan fingerprint density at radius 2 is 2.25 bits per heavy atom. The van der Waals surface area contributed by atoms with E-state index in [1.54, 1.807) is 0 Å². The average Bonchev–Trinajstić information content (AvgIpc) is 3.04. The fourth-order valence-corrected chi connectivity index (χ4v) is 2.34. The number of aromatic nitrogens is 1. The summed E-state index contributed by atoms with van der Waals surface area (Å²) in [6, 6.07) is 9.28. The number of hydrogen-bond donors (Lipinski definition) is 2. The van der Waals surface area contributed by atoms with Gasteiger partial charge in [-0.25, -0.2) is 0 Å². The van der Waals surface area contributed by atoms with E-state index in [1.807, 2.05) is 6.20 Å². The Bertz CT molecular complexity index is 482. The second-order valence-electron chi connectivity index (χ2n) is 4.86. The maximum Gasteiger partial charge on any atom is 0.0457 e. The Balaban J connectivity index is 1.75. The highest BCUT2D eigenvalue weighted by molar-refractivity contribution is 5.82. The monoisotopic (exact) mass is 214 g/mol. The van der Waals surface area contributed by atoms with E-state index in [9.17, 15) is 0 Å². The SMILES string of the molecule is CC(NCc1cccc2[nH]ccc12)C1CC1. The van der Waals surface area contributed by atoms with Gasteiger partial charge in [0.05, 0.1) is 0 Å². The van der Waals surface area contributed by atoms with E-state index >= 15 is 0 Å². The first-order valence-electron chi connectivity index (χ1n) is 6.13. The molecule has 0 saturated heterocycles. The molecular weight excluding hydrogens is 196 g/mol. The predicted molar refractivity (Wildman–Crippen MR) is 67.3 cm³/mol. The molecule has 1 atom stereocenters. The summed E-state index contributed by atoms with van der Waals surface area (Å²) in [4.78, 5) is 3.25. The third-order valence-corrected chi connectivity index (χ3v) is 3.63. The zero-order chi connectivity index (χ0) is 11.0. The van der Waals surface area contributed by atoms with Gasteiger partial charge in [0.25, 0.3) is 0 Å².